The van der Waals surface area contributed by atoms with Gasteiger partial charge in [-0.2, -0.15) is 0 Å². The van der Waals surface area contributed by atoms with E-state index in [9.17, 15) is 13.2 Å². The molecule has 1 amide bonds. The van der Waals surface area contributed by atoms with Gasteiger partial charge in [-0.1, -0.05) is 35.2 Å². The van der Waals surface area contributed by atoms with Gasteiger partial charge in [0, 0.05) is 11.4 Å². The minimum atomic E-state index is -3.60. The van der Waals surface area contributed by atoms with Crippen LogP contribution in [0.15, 0.2) is 45.6 Å². The smallest absolute Gasteiger partial charge is 0.240 e. The Kier molecular flexibility index (Phi) is 7.31. The van der Waals surface area contributed by atoms with Gasteiger partial charge in [-0.3, -0.25) is 4.79 Å². The topological polar surface area (TPSA) is 113 Å². The molecular formula is C20H23N5O3S3. The highest BCUT2D eigenvalue weighted by Gasteiger charge is 2.16. The van der Waals surface area contributed by atoms with Crippen molar-refractivity contribution in [2.24, 2.45) is 0 Å². The number of nitrogens with one attached hydrogen (secondary N) is 3. The van der Waals surface area contributed by atoms with Gasteiger partial charge in [0.25, 0.3) is 0 Å². The summed E-state index contributed by atoms with van der Waals surface area (Å²) in [6.45, 7) is 5.80. The number of amides is 1. The zero-order valence-corrected chi connectivity index (χ0v) is 20.0. The van der Waals surface area contributed by atoms with Crippen molar-refractivity contribution in [2.45, 2.75) is 30.0 Å². The van der Waals surface area contributed by atoms with Crippen LogP contribution in [-0.2, 0) is 14.8 Å². The Bertz CT molecular complexity index is 1210. The van der Waals surface area contributed by atoms with Crippen molar-refractivity contribution in [3.63, 3.8) is 0 Å². The van der Waals surface area contributed by atoms with Gasteiger partial charge in [0.1, 0.15) is 0 Å². The Balaban J connectivity index is 1.58. The van der Waals surface area contributed by atoms with E-state index in [1.54, 1.807) is 19.1 Å². The Morgan fingerprint density at radius 2 is 1.71 bits per heavy atom. The van der Waals surface area contributed by atoms with E-state index in [0.717, 1.165) is 5.69 Å². The molecule has 0 aliphatic carbocycles. The summed E-state index contributed by atoms with van der Waals surface area (Å²) in [5.41, 5.74) is 4.34. The van der Waals surface area contributed by atoms with Crippen molar-refractivity contribution in [1.29, 1.82) is 0 Å². The molecule has 0 unspecified atom stereocenters. The highest BCUT2D eigenvalue weighted by molar-refractivity contribution is 8.01. The molecule has 8 nitrogen and oxygen atoms in total. The largest absolute Gasteiger partial charge is 0.330 e. The first kappa shape index (κ1) is 23.2. The number of anilines is 3. The SMILES string of the molecule is CNS(=O)(=O)c1cc(NC(=O)CSc2nnc(Nc3ccc(C)c(C)c3)s2)ccc1C. The van der Waals surface area contributed by atoms with Crippen LogP contribution in [0.1, 0.15) is 16.7 Å². The molecule has 0 aliphatic heterocycles. The van der Waals surface area contributed by atoms with Crippen LogP contribution in [0.4, 0.5) is 16.5 Å². The number of nitrogens with zero attached hydrogens (tertiary/aromatic N) is 2. The van der Waals surface area contributed by atoms with E-state index in [-0.39, 0.29) is 16.6 Å². The molecule has 3 aromatic rings. The van der Waals surface area contributed by atoms with Crippen LogP contribution in [0.5, 0.6) is 0 Å². The summed E-state index contributed by atoms with van der Waals surface area (Å²) in [6.07, 6.45) is 0. The monoisotopic (exact) mass is 477 g/mol. The molecule has 2 aromatic carbocycles. The number of hydrogen-bond acceptors (Lipinski definition) is 8. The third-order valence-corrected chi connectivity index (χ3v) is 8.05. The second kappa shape index (κ2) is 9.77. The van der Waals surface area contributed by atoms with Crippen LogP contribution in [0, 0.1) is 20.8 Å². The van der Waals surface area contributed by atoms with Gasteiger partial charge in [0.05, 0.1) is 10.6 Å². The maximum absolute atomic E-state index is 12.3. The maximum atomic E-state index is 12.3. The highest BCUT2D eigenvalue weighted by atomic mass is 32.2. The number of carbonyl (C=O) groups is 1. The molecule has 3 N–H and O–H groups in total. The van der Waals surface area contributed by atoms with Crippen molar-refractivity contribution in [3.05, 3.63) is 53.1 Å². The van der Waals surface area contributed by atoms with Gasteiger partial charge in [-0.25, -0.2) is 13.1 Å². The fourth-order valence-corrected chi connectivity index (χ4v) is 5.23. The van der Waals surface area contributed by atoms with Crippen molar-refractivity contribution in [1.82, 2.24) is 14.9 Å². The number of aryl methyl sites for hydroxylation is 3. The Hall–Kier alpha value is -2.47. The average Bonchev–Trinajstić information content (AvgIpc) is 3.18. The second-order valence-electron chi connectivity index (χ2n) is 6.82. The summed E-state index contributed by atoms with van der Waals surface area (Å²) in [5.74, 6) is -0.138. The summed E-state index contributed by atoms with van der Waals surface area (Å²) < 4.78 is 27.1. The summed E-state index contributed by atoms with van der Waals surface area (Å²) >= 11 is 2.62. The minimum absolute atomic E-state index is 0.125. The van der Waals surface area contributed by atoms with Gasteiger partial charge >= 0.3 is 0 Å². The summed E-state index contributed by atoms with van der Waals surface area (Å²) in [4.78, 5) is 12.4. The Morgan fingerprint density at radius 3 is 2.42 bits per heavy atom. The van der Waals surface area contributed by atoms with Crippen molar-refractivity contribution in [3.8, 4) is 0 Å². The van der Waals surface area contributed by atoms with E-state index in [0.29, 0.717) is 20.7 Å². The van der Waals surface area contributed by atoms with Crippen molar-refractivity contribution in [2.75, 3.05) is 23.4 Å². The molecule has 0 radical (unpaired) electrons. The van der Waals surface area contributed by atoms with Crippen LogP contribution in [0.3, 0.4) is 0 Å². The summed E-state index contributed by atoms with van der Waals surface area (Å²) in [6, 6.07) is 10.8. The molecule has 0 bridgehead atoms. The second-order valence-corrected chi connectivity index (χ2v) is 10.9. The van der Waals surface area contributed by atoms with Crippen molar-refractivity contribution < 1.29 is 13.2 Å². The summed E-state index contributed by atoms with van der Waals surface area (Å²) in [5, 5.41) is 14.8. The lowest BCUT2D eigenvalue weighted by atomic mass is 10.1. The number of aromatic nitrogens is 2. The predicted molar refractivity (Wildman–Crippen MR) is 126 cm³/mol. The zero-order valence-electron chi connectivity index (χ0n) is 17.5. The van der Waals surface area contributed by atoms with Gasteiger partial charge in [0.2, 0.25) is 21.1 Å². The molecule has 1 aromatic heterocycles. The molecule has 0 spiro atoms. The van der Waals surface area contributed by atoms with Crippen LogP contribution in [0.2, 0.25) is 0 Å². The number of carbonyl (C=O) groups excluding carboxylic acids is 1. The standard InChI is InChI=1S/C20H23N5O3S3/c1-12-5-7-15(9-14(12)3)23-19-24-25-20(30-19)29-11-18(26)22-16-8-6-13(2)17(10-16)31(27,28)21-4/h5-10,21H,11H2,1-4H3,(H,22,26)(H,23,24). The quantitative estimate of drug-likeness (QED) is 0.422. The third kappa shape index (κ3) is 6.03. The number of rotatable bonds is 8. The molecule has 31 heavy (non-hydrogen) atoms. The predicted octanol–water partition coefficient (Wildman–Crippen LogP) is 3.85. The van der Waals surface area contributed by atoms with E-state index in [1.807, 2.05) is 25.1 Å². The lowest BCUT2D eigenvalue weighted by molar-refractivity contribution is -0.113. The first-order valence-electron chi connectivity index (χ1n) is 9.32. The average molecular weight is 478 g/mol. The van der Waals surface area contributed by atoms with Crippen LogP contribution < -0.4 is 15.4 Å². The fourth-order valence-electron chi connectivity index (χ4n) is 2.66. The molecule has 0 fully saturated rings. The molecule has 3 rings (SSSR count). The molecule has 164 valence electrons. The number of sulfonamides is 1. The maximum Gasteiger partial charge on any atom is 0.240 e. The molecule has 0 aliphatic rings. The van der Waals surface area contributed by atoms with E-state index < -0.39 is 10.0 Å². The third-order valence-electron chi connectivity index (χ3n) is 4.52. The molecule has 1 heterocycles. The van der Waals surface area contributed by atoms with E-state index in [4.69, 9.17) is 0 Å². The van der Waals surface area contributed by atoms with Gasteiger partial charge in [0.15, 0.2) is 4.34 Å². The van der Waals surface area contributed by atoms with Crippen LogP contribution >= 0.6 is 23.1 Å². The lowest BCUT2D eigenvalue weighted by Gasteiger charge is -2.10. The minimum Gasteiger partial charge on any atom is -0.330 e. The summed E-state index contributed by atoms with van der Waals surface area (Å²) in [7, 11) is -2.25. The number of hydrogen-bond donors (Lipinski definition) is 3. The molecule has 0 saturated heterocycles. The number of benzene rings is 2. The molecule has 11 heteroatoms. The van der Waals surface area contributed by atoms with E-state index in [2.05, 4.69) is 32.5 Å². The van der Waals surface area contributed by atoms with Gasteiger partial charge < -0.3 is 10.6 Å². The fraction of sp³-hybridized carbons (Fsp3) is 0.250. The van der Waals surface area contributed by atoms with Gasteiger partial charge in [-0.15, -0.1) is 10.2 Å². The van der Waals surface area contributed by atoms with E-state index >= 15 is 0 Å². The normalized spacial score (nSPS) is 11.4. The van der Waals surface area contributed by atoms with Crippen LogP contribution in [-0.4, -0.2) is 37.3 Å². The van der Waals surface area contributed by atoms with Crippen LogP contribution in [0.25, 0.3) is 0 Å². The van der Waals surface area contributed by atoms with Crippen molar-refractivity contribution >= 4 is 55.5 Å². The Labute approximate surface area is 189 Å². The molecular weight excluding hydrogens is 454 g/mol. The highest BCUT2D eigenvalue weighted by Crippen LogP contribution is 2.28. The first-order valence-corrected chi connectivity index (χ1v) is 12.6. The van der Waals surface area contributed by atoms with E-state index in [1.165, 1.54) is 47.3 Å². The first-order chi connectivity index (χ1) is 14.7. The molecule has 0 atom stereocenters. The van der Waals surface area contributed by atoms with Gasteiger partial charge in [-0.05, 0) is 68.8 Å². The zero-order chi connectivity index (χ0) is 22.6. The lowest BCUT2D eigenvalue weighted by Crippen LogP contribution is -2.20. The Morgan fingerprint density at radius 1 is 1.00 bits per heavy atom. The number of thioether (sulfide) groups is 1. The molecule has 0 saturated carbocycles.